The number of hydrogen-bond donors (Lipinski definition) is 0. The van der Waals surface area contributed by atoms with E-state index in [0.717, 1.165) is 24.2 Å². The largest absolute Gasteiger partial charge is 0.415 e. The molecule has 0 heterocycles. The molecular formula is C26H49NO3Si2. The average molecular weight is 480 g/mol. The number of rotatable bonds is 5. The van der Waals surface area contributed by atoms with E-state index in [2.05, 4.69) is 58.3 Å². The van der Waals surface area contributed by atoms with Gasteiger partial charge in [0.15, 0.2) is 16.6 Å². The number of fused-ring (bicyclic) bond motifs is 5. The lowest BCUT2D eigenvalue weighted by molar-refractivity contribution is -0.112. The Balaban J connectivity index is 1.55. The maximum atomic E-state index is 6.71. The molecule has 4 fully saturated rings. The second-order valence-electron chi connectivity index (χ2n) is 13.9. The summed E-state index contributed by atoms with van der Waals surface area (Å²) in [7, 11) is -1.42. The van der Waals surface area contributed by atoms with Gasteiger partial charge >= 0.3 is 0 Å². The molecule has 0 aliphatic heterocycles. The molecule has 4 aliphatic rings. The third-order valence-corrected chi connectivity index (χ3v) is 11.6. The van der Waals surface area contributed by atoms with Gasteiger partial charge in [-0.1, -0.05) is 19.0 Å². The van der Waals surface area contributed by atoms with E-state index in [1.165, 1.54) is 50.7 Å². The molecule has 5 unspecified atom stereocenters. The van der Waals surface area contributed by atoms with Gasteiger partial charge in [0, 0.05) is 11.5 Å². The zero-order chi connectivity index (χ0) is 23.5. The van der Waals surface area contributed by atoms with Crippen molar-refractivity contribution >= 4 is 22.3 Å². The van der Waals surface area contributed by atoms with Crippen molar-refractivity contribution in [2.24, 2.45) is 39.7 Å². The molecule has 6 heteroatoms. The predicted molar refractivity (Wildman–Crippen MR) is 138 cm³/mol. The van der Waals surface area contributed by atoms with Gasteiger partial charge in [-0.05, 0) is 120 Å². The molecular weight excluding hydrogens is 430 g/mol. The summed E-state index contributed by atoms with van der Waals surface area (Å²) in [5, 5.41) is 4.63. The highest BCUT2D eigenvalue weighted by atomic mass is 28.4. The SMILES string of the molecule is CO/N=C1/[C@H](O[Si](C)(C)C)CC2C3CC[C@@H]4C[C@@H](O[Si](C)(C)C)CCC4(C)C3CCC12C. The first kappa shape index (κ1) is 24.9. The Kier molecular flexibility index (Phi) is 6.62. The van der Waals surface area contributed by atoms with Crippen molar-refractivity contribution in [3.63, 3.8) is 0 Å². The third kappa shape index (κ3) is 4.55. The molecule has 0 aromatic rings. The second-order valence-corrected chi connectivity index (χ2v) is 22.8. The van der Waals surface area contributed by atoms with Gasteiger partial charge in [-0.3, -0.25) is 0 Å². The van der Waals surface area contributed by atoms with Crippen molar-refractivity contribution < 1.29 is 13.7 Å². The average Bonchev–Trinajstić information content (AvgIpc) is 2.92. The monoisotopic (exact) mass is 479 g/mol. The fraction of sp³-hybridized carbons (Fsp3) is 0.962. The summed E-state index contributed by atoms with van der Waals surface area (Å²) in [4.78, 5) is 5.39. The fourth-order valence-electron chi connectivity index (χ4n) is 8.40. The predicted octanol–water partition coefficient (Wildman–Crippen LogP) is 7.08. The maximum absolute atomic E-state index is 6.71. The zero-order valence-electron chi connectivity index (χ0n) is 22.3. The van der Waals surface area contributed by atoms with Crippen LogP contribution in [0.15, 0.2) is 5.16 Å². The van der Waals surface area contributed by atoms with Crippen LogP contribution in [0, 0.1) is 34.5 Å². The van der Waals surface area contributed by atoms with Gasteiger partial charge in [-0.25, -0.2) is 0 Å². The lowest BCUT2D eigenvalue weighted by Crippen LogP contribution is -2.54. The molecule has 0 spiro atoms. The van der Waals surface area contributed by atoms with Crippen LogP contribution in [0.1, 0.15) is 65.2 Å². The summed E-state index contributed by atoms with van der Waals surface area (Å²) in [6, 6.07) is 0. The zero-order valence-corrected chi connectivity index (χ0v) is 24.3. The van der Waals surface area contributed by atoms with E-state index in [4.69, 9.17) is 13.7 Å². The topological polar surface area (TPSA) is 40.0 Å². The van der Waals surface area contributed by atoms with Crippen molar-refractivity contribution in [2.45, 2.75) is 117 Å². The third-order valence-electron chi connectivity index (χ3n) is 9.57. The van der Waals surface area contributed by atoms with Crippen molar-refractivity contribution in [1.29, 1.82) is 0 Å². The van der Waals surface area contributed by atoms with E-state index >= 15 is 0 Å². The Morgan fingerprint density at radius 1 is 0.812 bits per heavy atom. The lowest BCUT2D eigenvalue weighted by atomic mass is 9.45. The minimum Gasteiger partial charge on any atom is -0.415 e. The molecule has 0 N–H and O–H groups in total. The van der Waals surface area contributed by atoms with Crippen LogP contribution in [0.25, 0.3) is 0 Å². The van der Waals surface area contributed by atoms with Gasteiger partial charge in [-0.15, -0.1) is 0 Å². The highest BCUT2D eigenvalue weighted by Gasteiger charge is 2.62. The molecule has 0 radical (unpaired) electrons. The molecule has 0 bridgehead atoms. The lowest BCUT2D eigenvalue weighted by Gasteiger charge is -2.60. The van der Waals surface area contributed by atoms with E-state index in [1.807, 2.05) is 0 Å². The van der Waals surface area contributed by atoms with Crippen LogP contribution in [-0.4, -0.2) is 41.7 Å². The fourth-order valence-corrected chi connectivity index (χ4v) is 10.7. The minimum absolute atomic E-state index is 0.142. The molecule has 4 nitrogen and oxygen atoms in total. The van der Waals surface area contributed by atoms with Gasteiger partial charge < -0.3 is 13.7 Å². The Hall–Kier alpha value is -0.176. The molecule has 0 amide bonds. The standard InChI is InChI=1S/C26H49NO3Si2/c1-25-14-12-19(29-31(4,5)6)16-18(25)10-11-20-21(25)13-15-26(2)22(20)17-23(24(26)27-28-3)30-32(7,8)9/h18-23H,10-17H2,1-9H3/b27-24-/t18-,19+,20?,21?,22?,23-,25?,26?/m1/s1. The van der Waals surface area contributed by atoms with Crippen LogP contribution in [0.2, 0.25) is 39.3 Å². The van der Waals surface area contributed by atoms with Gasteiger partial charge in [0.2, 0.25) is 0 Å². The highest BCUT2D eigenvalue weighted by molar-refractivity contribution is 6.70. The summed E-state index contributed by atoms with van der Waals surface area (Å²) >= 11 is 0. The first-order valence-electron chi connectivity index (χ1n) is 13.2. The molecule has 4 saturated carbocycles. The van der Waals surface area contributed by atoms with Gasteiger partial charge in [-0.2, -0.15) is 0 Å². The summed E-state index contributed by atoms with van der Waals surface area (Å²) in [6.07, 6.45) is 11.1. The molecule has 0 aromatic carbocycles. The summed E-state index contributed by atoms with van der Waals surface area (Å²) in [5.74, 6) is 3.18. The van der Waals surface area contributed by atoms with Crippen molar-refractivity contribution in [1.82, 2.24) is 0 Å². The maximum Gasteiger partial charge on any atom is 0.184 e. The van der Waals surface area contributed by atoms with Crippen LogP contribution in [0.3, 0.4) is 0 Å². The van der Waals surface area contributed by atoms with Crippen molar-refractivity contribution in [3.8, 4) is 0 Å². The normalized spacial score (nSPS) is 45.8. The van der Waals surface area contributed by atoms with Crippen molar-refractivity contribution in [2.75, 3.05) is 7.11 Å². The Morgan fingerprint density at radius 2 is 1.50 bits per heavy atom. The van der Waals surface area contributed by atoms with E-state index in [9.17, 15) is 0 Å². The summed E-state index contributed by atoms with van der Waals surface area (Å²) < 4.78 is 13.3. The van der Waals surface area contributed by atoms with Crippen LogP contribution in [0.5, 0.6) is 0 Å². The highest BCUT2D eigenvalue weighted by Crippen LogP contribution is 2.66. The van der Waals surface area contributed by atoms with Crippen LogP contribution in [-0.2, 0) is 13.7 Å². The van der Waals surface area contributed by atoms with Crippen LogP contribution >= 0.6 is 0 Å². The molecule has 4 aliphatic carbocycles. The first-order valence-corrected chi connectivity index (χ1v) is 20.1. The van der Waals surface area contributed by atoms with Crippen molar-refractivity contribution in [3.05, 3.63) is 0 Å². The number of nitrogens with zero attached hydrogens (tertiary/aromatic N) is 1. The first-order chi connectivity index (χ1) is 14.8. The number of oxime groups is 1. The van der Waals surface area contributed by atoms with E-state index in [0.29, 0.717) is 17.4 Å². The van der Waals surface area contributed by atoms with Crippen LogP contribution in [0.4, 0.5) is 0 Å². The molecule has 4 rings (SSSR count). The Bertz CT molecular complexity index is 730. The summed E-state index contributed by atoms with van der Waals surface area (Å²) in [5.41, 5.74) is 1.84. The van der Waals surface area contributed by atoms with E-state index < -0.39 is 16.6 Å². The molecule has 8 atom stereocenters. The molecule has 184 valence electrons. The smallest absolute Gasteiger partial charge is 0.184 e. The Labute approximate surface area is 199 Å². The summed E-state index contributed by atoms with van der Waals surface area (Å²) in [6.45, 7) is 19.1. The van der Waals surface area contributed by atoms with E-state index in [1.54, 1.807) is 7.11 Å². The number of hydrogen-bond acceptors (Lipinski definition) is 4. The molecule has 0 aromatic heterocycles. The quantitative estimate of drug-likeness (QED) is 0.312. The van der Waals surface area contributed by atoms with Crippen LogP contribution < -0.4 is 0 Å². The Morgan fingerprint density at radius 3 is 2.12 bits per heavy atom. The second kappa shape index (κ2) is 8.49. The molecule has 0 saturated heterocycles. The van der Waals surface area contributed by atoms with Gasteiger partial charge in [0.05, 0.1) is 11.8 Å². The molecule has 32 heavy (non-hydrogen) atoms. The van der Waals surface area contributed by atoms with Gasteiger partial charge in [0.1, 0.15) is 7.11 Å². The van der Waals surface area contributed by atoms with Gasteiger partial charge in [0.25, 0.3) is 0 Å². The minimum atomic E-state index is -1.65. The van der Waals surface area contributed by atoms with E-state index in [-0.39, 0.29) is 11.5 Å².